The van der Waals surface area contributed by atoms with E-state index in [4.69, 9.17) is 9.47 Å². The number of nitrogens with zero attached hydrogens (tertiary/aromatic N) is 2. The number of carbonyl (C=O) groups excluding carboxylic acids is 1. The van der Waals surface area contributed by atoms with Crippen LogP contribution in [0.3, 0.4) is 0 Å². The van der Waals surface area contributed by atoms with Crippen LogP contribution < -0.4 is 4.74 Å². The Bertz CT molecular complexity index is 759. The van der Waals surface area contributed by atoms with E-state index in [-0.39, 0.29) is 12.1 Å². The Morgan fingerprint density at radius 3 is 2.75 bits per heavy atom. The van der Waals surface area contributed by atoms with Crippen LogP contribution in [-0.4, -0.2) is 42.1 Å². The molecular weight excluding hydrogens is 304 g/mol. The molecule has 5 nitrogen and oxygen atoms in total. The number of ether oxygens (including phenoxy) is 2. The molecule has 0 saturated heterocycles. The van der Waals surface area contributed by atoms with E-state index in [1.54, 1.807) is 0 Å². The number of rotatable bonds is 3. The maximum Gasteiger partial charge on any atom is 0.415 e. The van der Waals surface area contributed by atoms with Crippen LogP contribution in [-0.2, 0) is 4.74 Å². The molecule has 126 valence electrons. The van der Waals surface area contributed by atoms with Crippen molar-refractivity contribution in [1.29, 1.82) is 0 Å². The molecule has 0 saturated carbocycles. The number of hydrogen-bond acceptors (Lipinski definition) is 4. The van der Waals surface area contributed by atoms with Crippen LogP contribution in [0.2, 0.25) is 0 Å². The van der Waals surface area contributed by atoms with E-state index in [0.717, 1.165) is 16.5 Å². The van der Waals surface area contributed by atoms with Crippen LogP contribution >= 0.6 is 0 Å². The molecule has 0 radical (unpaired) electrons. The van der Waals surface area contributed by atoms with E-state index < -0.39 is 5.60 Å². The summed E-state index contributed by atoms with van der Waals surface area (Å²) < 4.78 is 11.3. The lowest BCUT2D eigenvalue weighted by molar-refractivity contribution is 0.0379. The Morgan fingerprint density at radius 2 is 1.96 bits per heavy atom. The van der Waals surface area contributed by atoms with Crippen LogP contribution in [0.15, 0.2) is 47.5 Å². The van der Waals surface area contributed by atoms with Crippen molar-refractivity contribution >= 4 is 23.2 Å². The van der Waals surface area contributed by atoms with Crippen molar-refractivity contribution in [3.63, 3.8) is 0 Å². The number of aliphatic imine (C=N–C) groups is 1. The summed E-state index contributed by atoms with van der Waals surface area (Å²) in [5.41, 5.74) is -0.511. The second-order valence-corrected chi connectivity index (χ2v) is 6.84. The van der Waals surface area contributed by atoms with Gasteiger partial charge in [-0.15, -0.1) is 0 Å². The zero-order chi connectivity index (χ0) is 17.2. The molecule has 3 rings (SSSR count). The highest BCUT2D eigenvalue weighted by Crippen LogP contribution is 2.25. The second-order valence-electron chi connectivity index (χ2n) is 6.84. The van der Waals surface area contributed by atoms with Crippen LogP contribution in [0.5, 0.6) is 5.75 Å². The predicted octanol–water partition coefficient (Wildman–Crippen LogP) is 3.87. The first-order valence-electron chi connectivity index (χ1n) is 8.06. The molecule has 1 aliphatic heterocycles. The van der Waals surface area contributed by atoms with Crippen molar-refractivity contribution in [2.75, 3.05) is 13.2 Å². The minimum Gasteiger partial charge on any atom is -0.491 e. The van der Waals surface area contributed by atoms with E-state index >= 15 is 0 Å². The highest BCUT2D eigenvalue weighted by molar-refractivity contribution is 5.88. The van der Waals surface area contributed by atoms with Gasteiger partial charge in [0.25, 0.3) is 0 Å². The molecule has 0 fully saturated rings. The molecule has 2 aromatic carbocycles. The smallest absolute Gasteiger partial charge is 0.415 e. The van der Waals surface area contributed by atoms with Crippen LogP contribution in [0, 0.1) is 0 Å². The second kappa shape index (κ2) is 6.51. The first-order valence-corrected chi connectivity index (χ1v) is 8.06. The molecule has 1 heterocycles. The Balaban J connectivity index is 1.59. The van der Waals surface area contributed by atoms with E-state index in [0.29, 0.717) is 13.2 Å². The van der Waals surface area contributed by atoms with Gasteiger partial charge < -0.3 is 9.47 Å². The summed E-state index contributed by atoms with van der Waals surface area (Å²) in [6.45, 7) is 6.43. The molecule has 1 atom stereocenters. The molecule has 1 aliphatic rings. The molecule has 5 heteroatoms. The fraction of sp³-hybridized carbons (Fsp3) is 0.368. The van der Waals surface area contributed by atoms with Crippen molar-refractivity contribution < 1.29 is 14.3 Å². The van der Waals surface area contributed by atoms with Gasteiger partial charge >= 0.3 is 6.09 Å². The van der Waals surface area contributed by atoms with E-state index in [2.05, 4.69) is 17.1 Å². The van der Waals surface area contributed by atoms with Gasteiger partial charge in [0.2, 0.25) is 0 Å². The average molecular weight is 326 g/mol. The van der Waals surface area contributed by atoms with Crippen molar-refractivity contribution in [1.82, 2.24) is 4.90 Å². The molecule has 0 spiro atoms. The topological polar surface area (TPSA) is 51.1 Å². The van der Waals surface area contributed by atoms with Crippen molar-refractivity contribution in [3.8, 4) is 5.75 Å². The summed E-state index contributed by atoms with van der Waals surface area (Å²) >= 11 is 0. The maximum atomic E-state index is 12.0. The van der Waals surface area contributed by atoms with Crippen molar-refractivity contribution in [3.05, 3.63) is 42.5 Å². The van der Waals surface area contributed by atoms with Crippen molar-refractivity contribution in [2.24, 2.45) is 4.99 Å². The molecule has 1 unspecified atom stereocenters. The lowest BCUT2D eigenvalue weighted by Gasteiger charge is -2.23. The summed E-state index contributed by atoms with van der Waals surface area (Å²) in [6.07, 6.45) is 1.16. The zero-order valence-electron chi connectivity index (χ0n) is 14.2. The molecular formula is C19H22N2O3. The first-order chi connectivity index (χ1) is 11.4. The molecule has 0 aliphatic carbocycles. The highest BCUT2D eigenvalue weighted by Gasteiger charge is 2.27. The van der Waals surface area contributed by atoms with Gasteiger partial charge in [-0.1, -0.05) is 36.4 Å². The maximum absolute atomic E-state index is 12.0. The van der Waals surface area contributed by atoms with E-state index in [1.807, 2.05) is 51.1 Å². The van der Waals surface area contributed by atoms with Gasteiger partial charge in [-0.2, -0.15) is 0 Å². The summed E-state index contributed by atoms with van der Waals surface area (Å²) in [7, 11) is 0. The van der Waals surface area contributed by atoms with Crippen LogP contribution in [0.25, 0.3) is 10.8 Å². The monoisotopic (exact) mass is 326 g/mol. The van der Waals surface area contributed by atoms with E-state index in [9.17, 15) is 4.79 Å². The van der Waals surface area contributed by atoms with Gasteiger partial charge in [-0.05, 0) is 32.2 Å². The number of amides is 1. The van der Waals surface area contributed by atoms with Crippen molar-refractivity contribution in [2.45, 2.75) is 32.4 Å². The average Bonchev–Trinajstić information content (AvgIpc) is 3.00. The predicted molar refractivity (Wildman–Crippen MR) is 94.7 cm³/mol. The Hall–Kier alpha value is -2.56. The SMILES string of the molecule is CC(C)(C)OC(=O)N1C=NC(COc2cccc3ccccc23)C1. The lowest BCUT2D eigenvalue weighted by atomic mass is 10.1. The molecule has 0 N–H and O–H groups in total. The highest BCUT2D eigenvalue weighted by atomic mass is 16.6. The van der Waals surface area contributed by atoms with Crippen LogP contribution in [0.1, 0.15) is 20.8 Å². The summed E-state index contributed by atoms with van der Waals surface area (Å²) in [4.78, 5) is 17.9. The number of carbonyl (C=O) groups is 1. The fourth-order valence-corrected chi connectivity index (χ4v) is 2.54. The van der Waals surface area contributed by atoms with E-state index in [1.165, 1.54) is 11.2 Å². The summed E-state index contributed by atoms with van der Waals surface area (Å²) in [5.74, 6) is 0.832. The Kier molecular flexibility index (Phi) is 4.42. The normalized spacial score (nSPS) is 17.3. The molecule has 0 aromatic heterocycles. The number of benzene rings is 2. The number of fused-ring (bicyclic) bond motifs is 1. The first kappa shape index (κ1) is 16.3. The lowest BCUT2D eigenvalue weighted by Crippen LogP contribution is -2.37. The van der Waals surface area contributed by atoms with Gasteiger partial charge in [-0.25, -0.2) is 4.79 Å². The van der Waals surface area contributed by atoms with Gasteiger partial charge in [-0.3, -0.25) is 9.89 Å². The fourth-order valence-electron chi connectivity index (χ4n) is 2.54. The van der Waals surface area contributed by atoms with Gasteiger partial charge in [0.1, 0.15) is 24.0 Å². The zero-order valence-corrected chi connectivity index (χ0v) is 14.2. The molecule has 24 heavy (non-hydrogen) atoms. The summed E-state index contributed by atoms with van der Waals surface area (Å²) in [6, 6.07) is 14.0. The van der Waals surface area contributed by atoms with Crippen LogP contribution in [0.4, 0.5) is 4.79 Å². The largest absolute Gasteiger partial charge is 0.491 e. The standard InChI is InChI=1S/C19H22N2O3/c1-19(2,3)24-18(22)21-11-15(20-13-21)12-23-17-10-6-8-14-7-4-5-9-16(14)17/h4-10,13,15H,11-12H2,1-3H3. The molecule has 2 aromatic rings. The third kappa shape index (κ3) is 3.85. The van der Waals surface area contributed by atoms with Gasteiger partial charge in [0.05, 0.1) is 12.9 Å². The Morgan fingerprint density at radius 1 is 1.21 bits per heavy atom. The summed E-state index contributed by atoms with van der Waals surface area (Å²) in [5, 5.41) is 2.21. The third-order valence-electron chi connectivity index (χ3n) is 3.63. The third-order valence-corrected chi connectivity index (χ3v) is 3.63. The minimum absolute atomic E-state index is 0.0866. The minimum atomic E-state index is -0.511. The molecule has 0 bridgehead atoms. The Labute approximate surface area is 141 Å². The molecule has 1 amide bonds. The number of hydrogen-bond donors (Lipinski definition) is 0. The quantitative estimate of drug-likeness (QED) is 0.860. The van der Waals surface area contributed by atoms with Gasteiger partial charge in [0, 0.05) is 5.39 Å². The van der Waals surface area contributed by atoms with Gasteiger partial charge in [0.15, 0.2) is 0 Å².